The van der Waals surface area contributed by atoms with Crippen molar-refractivity contribution in [1.82, 2.24) is 15.1 Å². The highest BCUT2D eigenvalue weighted by molar-refractivity contribution is 5.76. The Kier molecular flexibility index (Phi) is 6.53. The standard InChI is InChI=1S/C18H31N3O4/c22-17(23)13-25-16-3-1-15(2-4-16)21-12-11-20(18(21)24)10-7-14-5-8-19-9-6-14/h14-16,19H,1-13H2,(H,22,23). The summed E-state index contributed by atoms with van der Waals surface area (Å²) < 4.78 is 5.39. The Balaban J connectivity index is 1.39. The number of amides is 2. The number of carbonyl (C=O) groups excluding carboxylic acids is 1. The highest BCUT2D eigenvalue weighted by atomic mass is 16.5. The summed E-state index contributed by atoms with van der Waals surface area (Å²) in [6, 6.07) is 0.491. The lowest BCUT2D eigenvalue weighted by Gasteiger charge is -2.34. The second-order valence-electron chi connectivity index (χ2n) is 7.58. The maximum absolute atomic E-state index is 12.7. The number of carbonyl (C=O) groups is 2. The number of carboxylic acid groups (broad SMARTS) is 1. The molecule has 25 heavy (non-hydrogen) atoms. The summed E-state index contributed by atoms with van der Waals surface area (Å²) in [5, 5.41) is 12.1. The summed E-state index contributed by atoms with van der Waals surface area (Å²) in [4.78, 5) is 27.3. The van der Waals surface area contributed by atoms with Crippen LogP contribution in [0.15, 0.2) is 0 Å². The van der Waals surface area contributed by atoms with Gasteiger partial charge in [0.05, 0.1) is 6.10 Å². The van der Waals surface area contributed by atoms with E-state index in [9.17, 15) is 9.59 Å². The molecule has 2 N–H and O–H groups in total. The zero-order valence-corrected chi connectivity index (χ0v) is 15.0. The number of carboxylic acids is 1. The first-order chi connectivity index (χ1) is 12.1. The molecule has 1 aliphatic carbocycles. The fraction of sp³-hybridized carbons (Fsp3) is 0.889. The van der Waals surface area contributed by atoms with Crippen molar-refractivity contribution in [3.8, 4) is 0 Å². The molecule has 3 fully saturated rings. The van der Waals surface area contributed by atoms with Crippen molar-refractivity contribution in [2.45, 2.75) is 57.1 Å². The van der Waals surface area contributed by atoms with Gasteiger partial charge in [-0.05, 0) is 64.0 Å². The second-order valence-corrected chi connectivity index (χ2v) is 7.58. The molecule has 0 spiro atoms. The number of urea groups is 1. The molecule has 3 aliphatic rings. The van der Waals surface area contributed by atoms with Crippen molar-refractivity contribution in [2.75, 3.05) is 39.3 Å². The fourth-order valence-electron chi connectivity index (χ4n) is 4.37. The summed E-state index contributed by atoms with van der Waals surface area (Å²) in [6.07, 6.45) is 7.13. The van der Waals surface area contributed by atoms with Gasteiger partial charge in [-0.2, -0.15) is 0 Å². The molecule has 0 radical (unpaired) electrons. The molecule has 2 aliphatic heterocycles. The van der Waals surface area contributed by atoms with E-state index in [2.05, 4.69) is 5.32 Å². The minimum Gasteiger partial charge on any atom is -0.480 e. The molecule has 2 heterocycles. The Labute approximate surface area is 149 Å². The molecule has 0 aromatic carbocycles. The molecular weight excluding hydrogens is 322 g/mol. The molecule has 2 amide bonds. The van der Waals surface area contributed by atoms with Gasteiger partial charge >= 0.3 is 12.0 Å². The summed E-state index contributed by atoms with van der Waals surface area (Å²) in [5.41, 5.74) is 0. The highest BCUT2D eigenvalue weighted by Gasteiger charge is 2.35. The number of nitrogens with one attached hydrogen (secondary N) is 1. The second kappa shape index (κ2) is 8.85. The number of nitrogens with zero attached hydrogens (tertiary/aromatic N) is 2. The largest absolute Gasteiger partial charge is 0.480 e. The van der Waals surface area contributed by atoms with Gasteiger partial charge in [0.25, 0.3) is 0 Å². The molecular formula is C18H31N3O4. The SMILES string of the molecule is O=C(O)COC1CCC(N2CCN(CCC3CCNCC3)C2=O)CC1. The highest BCUT2D eigenvalue weighted by Crippen LogP contribution is 2.28. The molecule has 0 aromatic rings. The van der Waals surface area contributed by atoms with Gasteiger partial charge in [0.1, 0.15) is 6.61 Å². The summed E-state index contributed by atoms with van der Waals surface area (Å²) in [6.45, 7) is 4.56. The van der Waals surface area contributed by atoms with Gasteiger partial charge in [-0.25, -0.2) is 9.59 Å². The fourth-order valence-corrected chi connectivity index (χ4v) is 4.37. The van der Waals surface area contributed by atoms with Gasteiger partial charge in [-0.15, -0.1) is 0 Å². The van der Waals surface area contributed by atoms with Gasteiger partial charge in [0, 0.05) is 25.7 Å². The summed E-state index contributed by atoms with van der Waals surface area (Å²) in [5.74, 6) is -0.161. The smallest absolute Gasteiger partial charge is 0.329 e. The van der Waals surface area contributed by atoms with Crippen molar-refractivity contribution in [2.24, 2.45) is 5.92 Å². The Hall–Kier alpha value is -1.34. The molecule has 7 nitrogen and oxygen atoms in total. The van der Waals surface area contributed by atoms with Gasteiger partial charge in [-0.3, -0.25) is 0 Å². The van der Waals surface area contributed by atoms with Crippen molar-refractivity contribution < 1.29 is 19.4 Å². The Morgan fingerprint density at radius 1 is 1.12 bits per heavy atom. The molecule has 0 bridgehead atoms. The maximum Gasteiger partial charge on any atom is 0.329 e. The zero-order chi connectivity index (χ0) is 17.6. The van der Waals surface area contributed by atoms with Crippen LogP contribution in [0.4, 0.5) is 4.79 Å². The Bertz CT molecular complexity index is 459. The van der Waals surface area contributed by atoms with Crippen LogP contribution in [0.1, 0.15) is 44.9 Å². The van der Waals surface area contributed by atoms with Crippen molar-refractivity contribution in [1.29, 1.82) is 0 Å². The molecule has 7 heteroatoms. The molecule has 1 saturated carbocycles. The first kappa shape index (κ1) is 18.5. The van der Waals surface area contributed by atoms with E-state index < -0.39 is 5.97 Å². The zero-order valence-electron chi connectivity index (χ0n) is 15.0. The minimum atomic E-state index is -0.916. The van der Waals surface area contributed by atoms with Crippen LogP contribution < -0.4 is 5.32 Å². The monoisotopic (exact) mass is 353 g/mol. The van der Waals surface area contributed by atoms with E-state index in [1.165, 1.54) is 12.8 Å². The lowest BCUT2D eigenvalue weighted by Crippen LogP contribution is -2.42. The van der Waals surface area contributed by atoms with Crippen LogP contribution in [0.3, 0.4) is 0 Å². The third-order valence-corrected chi connectivity index (χ3v) is 5.92. The number of piperidine rings is 1. The number of hydrogen-bond donors (Lipinski definition) is 2. The summed E-state index contributed by atoms with van der Waals surface area (Å²) in [7, 11) is 0. The van der Waals surface area contributed by atoms with Crippen LogP contribution >= 0.6 is 0 Å². The van der Waals surface area contributed by atoms with E-state index in [1.807, 2.05) is 9.80 Å². The molecule has 0 aromatic heterocycles. The maximum atomic E-state index is 12.7. The number of aliphatic carboxylic acids is 1. The third-order valence-electron chi connectivity index (χ3n) is 5.92. The van der Waals surface area contributed by atoms with E-state index in [0.717, 1.165) is 70.7 Å². The first-order valence-electron chi connectivity index (χ1n) is 9.73. The number of rotatable bonds is 7. The van der Waals surface area contributed by atoms with E-state index in [1.54, 1.807) is 0 Å². The lowest BCUT2D eigenvalue weighted by molar-refractivity contribution is -0.145. The van der Waals surface area contributed by atoms with Crippen molar-refractivity contribution in [3.05, 3.63) is 0 Å². The average Bonchev–Trinajstić information content (AvgIpc) is 3.00. The van der Waals surface area contributed by atoms with E-state index >= 15 is 0 Å². The summed E-state index contributed by atoms with van der Waals surface area (Å²) >= 11 is 0. The predicted octanol–water partition coefficient (Wildman–Crippen LogP) is 1.53. The number of hydrogen-bond acceptors (Lipinski definition) is 4. The van der Waals surface area contributed by atoms with Gasteiger partial charge in [-0.1, -0.05) is 0 Å². The molecule has 2 saturated heterocycles. The van der Waals surface area contributed by atoms with Crippen LogP contribution in [-0.4, -0.2) is 78.4 Å². The van der Waals surface area contributed by atoms with Crippen LogP contribution in [0.25, 0.3) is 0 Å². The average molecular weight is 353 g/mol. The van der Waals surface area contributed by atoms with Crippen LogP contribution in [0, 0.1) is 5.92 Å². The van der Waals surface area contributed by atoms with Crippen LogP contribution in [0.2, 0.25) is 0 Å². The molecule has 0 atom stereocenters. The molecule has 142 valence electrons. The first-order valence-corrected chi connectivity index (χ1v) is 9.73. The van der Waals surface area contributed by atoms with Crippen LogP contribution in [0.5, 0.6) is 0 Å². The lowest BCUT2D eigenvalue weighted by atomic mass is 9.92. The normalized spacial score (nSPS) is 28.6. The third kappa shape index (κ3) is 5.07. The van der Waals surface area contributed by atoms with Gasteiger partial charge < -0.3 is 25.0 Å². The quantitative estimate of drug-likeness (QED) is 0.725. The topological polar surface area (TPSA) is 82.1 Å². The molecule has 3 rings (SSSR count). The molecule has 0 unspecified atom stereocenters. The van der Waals surface area contributed by atoms with Crippen molar-refractivity contribution in [3.63, 3.8) is 0 Å². The minimum absolute atomic E-state index is 0.0288. The Morgan fingerprint density at radius 3 is 2.52 bits per heavy atom. The predicted molar refractivity (Wildman–Crippen MR) is 93.5 cm³/mol. The van der Waals surface area contributed by atoms with E-state index in [-0.39, 0.29) is 18.7 Å². The van der Waals surface area contributed by atoms with E-state index in [4.69, 9.17) is 9.84 Å². The van der Waals surface area contributed by atoms with Gasteiger partial charge in [0.15, 0.2) is 0 Å². The van der Waals surface area contributed by atoms with Gasteiger partial charge in [0.2, 0.25) is 0 Å². The Morgan fingerprint density at radius 2 is 1.84 bits per heavy atom. The van der Waals surface area contributed by atoms with Crippen LogP contribution in [-0.2, 0) is 9.53 Å². The van der Waals surface area contributed by atoms with Crippen molar-refractivity contribution >= 4 is 12.0 Å². The number of ether oxygens (including phenoxy) is 1. The van der Waals surface area contributed by atoms with E-state index in [0.29, 0.717) is 6.04 Å².